The Morgan fingerprint density at radius 1 is 0.571 bits per heavy atom. The van der Waals surface area contributed by atoms with E-state index in [0.29, 0.717) is 18.8 Å². The van der Waals surface area contributed by atoms with Crippen LogP contribution in [-0.4, -0.2) is 33.6 Å². The predicted octanol–water partition coefficient (Wildman–Crippen LogP) is 4.04. The molecule has 0 aliphatic heterocycles. The quantitative estimate of drug-likeness (QED) is 0.424. The van der Waals surface area contributed by atoms with Crippen LogP contribution in [0, 0.1) is 5.92 Å². The van der Waals surface area contributed by atoms with E-state index in [-0.39, 0.29) is 18.3 Å². The maximum atomic E-state index is 9.82. The van der Waals surface area contributed by atoms with Gasteiger partial charge in [-0.25, -0.2) is 0 Å². The molecule has 0 aromatic heterocycles. The van der Waals surface area contributed by atoms with Gasteiger partial charge in [0.2, 0.25) is 0 Å². The van der Waals surface area contributed by atoms with Crippen molar-refractivity contribution in [2.45, 2.75) is 110 Å². The smallest absolute Gasteiger partial charge is 0.0541 e. The van der Waals surface area contributed by atoms with Crippen molar-refractivity contribution in [3.8, 4) is 0 Å². The molecule has 0 bridgehead atoms. The minimum Gasteiger partial charge on any atom is -0.393 e. The van der Waals surface area contributed by atoms with E-state index in [1.807, 2.05) is 6.92 Å². The molecule has 0 saturated heterocycles. The molecule has 3 atom stereocenters. The predicted molar refractivity (Wildman–Crippen MR) is 89.3 cm³/mol. The molecule has 3 nitrogen and oxygen atoms in total. The average molecular weight is 302 g/mol. The highest BCUT2D eigenvalue weighted by Gasteiger charge is 2.08. The third kappa shape index (κ3) is 14.6. The van der Waals surface area contributed by atoms with Crippen LogP contribution >= 0.6 is 0 Å². The fourth-order valence-electron chi connectivity index (χ4n) is 2.52. The molecule has 0 aliphatic carbocycles. The summed E-state index contributed by atoms with van der Waals surface area (Å²) in [5.74, 6) is 0.673. The second-order valence-electron chi connectivity index (χ2n) is 6.91. The van der Waals surface area contributed by atoms with Gasteiger partial charge in [0.15, 0.2) is 0 Å². The number of unbranched alkanes of at least 4 members (excludes halogenated alkanes) is 3. The SMILES string of the molecule is CCC(O)CCC(O)CCCCCCC(O)CCC(C)C. The topological polar surface area (TPSA) is 60.7 Å². The van der Waals surface area contributed by atoms with E-state index in [4.69, 9.17) is 0 Å². The van der Waals surface area contributed by atoms with Gasteiger partial charge in [-0.05, 0) is 50.9 Å². The molecule has 3 N–H and O–H groups in total. The second kappa shape index (κ2) is 13.5. The molecule has 3 heteroatoms. The van der Waals surface area contributed by atoms with E-state index in [2.05, 4.69) is 13.8 Å². The Labute approximate surface area is 131 Å². The van der Waals surface area contributed by atoms with E-state index in [0.717, 1.165) is 57.8 Å². The maximum Gasteiger partial charge on any atom is 0.0541 e. The first-order valence-electron chi connectivity index (χ1n) is 8.99. The highest BCUT2D eigenvalue weighted by Crippen LogP contribution is 2.15. The van der Waals surface area contributed by atoms with Gasteiger partial charge in [-0.1, -0.05) is 46.5 Å². The molecule has 0 rings (SSSR count). The van der Waals surface area contributed by atoms with Gasteiger partial charge in [0, 0.05) is 0 Å². The largest absolute Gasteiger partial charge is 0.393 e. The lowest BCUT2D eigenvalue weighted by molar-refractivity contribution is 0.105. The molecular formula is C18H38O3. The standard InChI is InChI=1S/C18H38O3/c1-4-16(19)13-14-18(21)10-8-6-5-7-9-17(20)12-11-15(2)3/h15-21H,4-14H2,1-3H3. The van der Waals surface area contributed by atoms with Gasteiger partial charge in [-0.15, -0.1) is 0 Å². The summed E-state index contributed by atoms with van der Waals surface area (Å²) < 4.78 is 0. The van der Waals surface area contributed by atoms with Crippen molar-refractivity contribution < 1.29 is 15.3 Å². The lowest BCUT2D eigenvalue weighted by Crippen LogP contribution is -2.12. The Hall–Kier alpha value is -0.120. The van der Waals surface area contributed by atoms with Crippen LogP contribution in [0.15, 0.2) is 0 Å². The highest BCUT2D eigenvalue weighted by molar-refractivity contribution is 4.62. The van der Waals surface area contributed by atoms with Gasteiger partial charge in [-0.2, -0.15) is 0 Å². The van der Waals surface area contributed by atoms with Gasteiger partial charge >= 0.3 is 0 Å². The Morgan fingerprint density at radius 3 is 1.43 bits per heavy atom. The van der Waals surface area contributed by atoms with Crippen molar-refractivity contribution in [1.82, 2.24) is 0 Å². The number of rotatable bonds is 14. The van der Waals surface area contributed by atoms with Crippen LogP contribution in [0.1, 0.15) is 91.4 Å². The summed E-state index contributed by atoms with van der Waals surface area (Å²) in [5.41, 5.74) is 0. The van der Waals surface area contributed by atoms with Gasteiger partial charge in [0.25, 0.3) is 0 Å². The molecule has 0 amide bonds. The molecule has 3 unspecified atom stereocenters. The Bertz CT molecular complexity index is 219. The summed E-state index contributed by atoms with van der Waals surface area (Å²) >= 11 is 0. The average Bonchev–Trinajstić information content (AvgIpc) is 2.45. The lowest BCUT2D eigenvalue weighted by atomic mass is 9.99. The first kappa shape index (κ1) is 20.9. The van der Waals surface area contributed by atoms with Crippen LogP contribution in [0.25, 0.3) is 0 Å². The van der Waals surface area contributed by atoms with Gasteiger partial charge in [0.1, 0.15) is 0 Å². The molecule has 21 heavy (non-hydrogen) atoms. The molecule has 0 aliphatic rings. The molecule has 0 fully saturated rings. The van der Waals surface area contributed by atoms with E-state index in [1.165, 1.54) is 0 Å². The van der Waals surface area contributed by atoms with Crippen molar-refractivity contribution in [3.05, 3.63) is 0 Å². The summed E-state index contributed by atoms with van der Waals surface area (Å²) in [6, 6.07) is 0. The highest BCUT2D eigenvalue weighted by atomic mass is 16.3. The van der Waals surface area contributed by atoms with Crippen molar-refractivity contribution in [2.24, 2.45) is 5.92 Å². The lowest BCUT2D eigenvalue weighted by Gasteiger charge is -2.13. The van der Waals surface area contributed by atoms with Gasteiger partial charge < -0.3 is 15.3 Å². The maximum absolute atomic E-state index is 9.82. The molecule has 0 spiro atoms. The first-order chi connectivity index (χ1) is 9.95. The molecule has 0 radical (unpaired) electrons. The van der Waals surface area contributed by atoms with Gasteiger partial charge in [0.05, 0.1) is 18.3 Å². The van der Waals surface area contributed by atoms with Crippen LogP contribution < -0.4 is 0 Å². The summed E-state index contributed by atoms with van der Waals surface area (Å²) in [6.07, 6.45) is 9.73. The third-order valence-corrected chi connectivity index (χ3v) is 4.21. The Balaban J connectivity index is 3.35. The van der Waals surface area contributed by atoms with E-state index < -0.39 is 0 Å². The normalized spacial score (nSPS) is 16.1. The number of aliphatic hydroxyl groups excluding tert-OH is 3. The summed E-state index contributed by atoms with van der Waals surface area (Å²) in [7, 11) is 0. The monoisotopic (exact) mass is 302 g/mol. The summed E-state index contributed by atoms with van der Waals surface area (Å²) in [6.45, 7) is 6.35. The number of hydrogen-bond donors (Lipinski definition) is 3. The van der Waals surface area contributed by atoms with E-state index in [1.54, 1.807) is 0 Å². The second-order valence-corrected chi connectivity index (χ2v) is 6.91. The zero-order chi connectivity index (χ0) is 16.1. The molecular weight excluding hydrogens is 264 g/mol. The fraction of sp³-hybridized carbons (Fsp3) is 1.00. The van der Waals surface area contributed by atoms with Crippen molar-refractivity contribution >= 4 is 0 Å². The van der Waals surface area contributed by atoms with E-state index >= 15 is 0 Å². The van der Waals surface area contributed by atoms with Gasteiger partial charge in [-0.3, -0.25) is 0 Å². The molecule has 0 aromatic rings. The molecule has 128 valence electrons. The number of aliphatic hydroxyl groups is 3. The van der Waals surface area contributed by atoms with Crippen molar-refractivity contribution in [1.29, 1.82) is 0 Å². The van der Waals surface area contributed by atoms with Crippen molar-refractivity contribution in [2.75, 3.05) is 0 Å². The minimum atomic E-state index is -0.261. The van der Waals surface area contributed by atoms with Crippen molar-refractivity contribution in [3.63, 3.8) is 0 Å². The Morgan fingerprint density at radius 2 is 1.00 bits per heavy atom. The fourth-order valence-corrected chi connectivity index (χ4v) is 2.52. The zero-order valence-electron chi connectivity index (χ0n) is 14.4. The van der Waals surface area contributed by atoms with Crippen LogP contribution in [0.5, 0.6) is 0 Å². The number of hydrogen-bond acceptors (Lipinski definition) is 3. The third-order valence-electron chi connectivity index (χ3n) is 4.21. The summed E-state index contributed by atoms with van der Waals surface area (Å²) in [4.78, 5) is 0. The first-order valence-corrected chi connectivity index (χ1v) is 8.99. The molecule has 0 heterocycles. The Kier molecular flexibility index (Phi) is 13.5. The summed E-state index contributed by atoms with van der Waals surface area (Å²) in [5, 5.41) is 29.1. The van der Waals surface area contributed by atoms with Crippen LogP contribution in [0.4, 0.5) is 0 Å². The van der Waals surface area contributed by atoms with E-state index in [9.17, 15) is 15.3 Å². The molecule has 0 saturated carbocycles. The minimum absolute atomic E-state index is 0.131. The zero-order valence-corrected chi connectivity index (χ0v) is 14.4. The van der Waals surface area contributed by atoms with Crippen LogP contribution in [0.2, 0.25) is 0 Å². The van der Waals surface area contributed by atoms with Crippen LogP contribution in [0.3, 0.4) is 0 Å². The van der Waals surface area contributed by atoms with Crippen LogP contribution in [-0.2, 0) is 0 Å². The molecule has 0 aromatic carbocycles.